The van der Waals surface area contributed by atoms with Gasteiger partial charge in [-0.2, -0.15) is 0 Å². The van der Waals surface area contributed by atoms with Gasteiger partial charge in [0, 0.05) is 41.1 Å². The third-order valence-electron chi connectivity index (χ3n) is 7.03. The van der Waals surface area contributed by atoms with Gasteiger partial charge >= 0.3 is 0 Å². The lowest BCUT2D eigenvalue weighted by Crippen LogP contribution is -2.35. The number of aryl methyl sites for hydroxylation is 1. The number of likely N-dealkylation sites (tertiary alicyclic amines) is 1. The number of hydrogen-bond donors (Lipinski definition) is 1. The molecule has 1 fully saturated rings. The van der Waals surface area contributed by atoms with E-state index < -0.39 is 5.54 Å². The summed E-state index contributed by atoms with van der Waals surface area (Å²) in [5.41, 5.74) is 10.1. The SMILES string of the molecule is Cc1csc(C2CCCN2C(=O)c2cc(-c3ccncc3)nc(-c3nnc(C(C)(N)Cc4ccccc4)o3)c2)n1. The van der Waals surface area contributed by atoms with Crippen molar-refractivity contribution in [2.24, 2.45) is 5.73 Å². The molecule has 2 atom stereocenters. The van der Waals surface area contributed by atoms with Crippen molar-refractivity contribution in [1.29, 1.82) is 0 Å². The Kier molecular flexibility index (Phi) is 6.95. The number of nitrogens with zero attached hydrogens (tertiary/aromatic N) is 6. The molecule has 202 valence electrons. The molecule has 0 aliphatic carbocycles. The number of aromatic nitrogens is 5. The first-order valence-electron chi connectivity index (χ1n) is 13.2. The summed E-state index contributed by atoms with van der Waals surface area (Å²) in [5.74, 6) is 0.425. The van der Waals surface area contributed by atoms with Crippen molar-refractivity contribution in [2.75, 3.05) is 6.54 Å². The zero-order valence-electron chi connectivity index (χ0n) is 22.3. The molecule has 4 aromatic heterocycles. The average molecular weight is 552 g/mol. The van der Waals surface area contributed by atoms with Crippen LogP contribution < -0.4 is 5.73 Å². The van der Waals surface area contributed by atoms with Crippen LogP contribution >= 0.6 is 11.3 Å². The highest BCUT2D eigenvalue weighted by Gasteiger charge is 2.34. The Labute approximate surface area is 236 Å². The monoisotopic (exact) mass is 551 g/mol. The Bertz CT molecular complexity index is 1630. The van der Waals surface area contributed by atoms with Crippen LogP contribution in [0.3, 0.4) is 0 Å². The number of benzene rings is 1. The second-order valence-corrected chi connectivity index (χ2v) is 11.2. The van der Waals surface area contributed by atoms with E-state index in [1.165, 1.54) is 0 Å². The largest absolute Gasteiger partial charge is 0.417 e. The molecule has 1 aliphatic rings. The van der Waals surface area contributed by atoms with E-state index in [1.54, 1.807) is 29.8 Å². The highest BCUT2D eigenvalue weighted by Crippen LogP contribution is 2.36. The Hall–Kier alpha value is -4.28. The molecule has 1 aromatic carbocycles. The smallest absolute Gasteiger partial charge is 0.266 e. The van der Waals surface area contributed by atoms with E-state index in [1.807, 2.05) is 72.7 Å². The topological polar surface area (TPSA) is 124 Å². The molecule has 0 saturated carbocycles. The molecule has 5 aromatic rings. The third kappa shape index (κ3) is 5.28. The number of carbonyl (C=O) groups is 1. The van der Waals surface area contributed by atoms with Gasteiger partial charge in [-0.05, 0) is 62.9 Å². The normalized spacial score (nSPS) is 16.7. The van der Waals surface area contributed by atoms with Crippen molar-refractivity contribution in [3.05, 3.63) is 100 Å². The maximum atomic E-state index is 13.9. The Morgan fingerprint density at radius 2 is 1.88 bits per heavy atom. The summed E-state index contributed by atoms with van der Waals surface area (Å²) in [7, 11) is 0. The van der Waals surface area contributed by atoms with Crippen LogP contribution in [0.15, 0.2) is 76.8 Å². The summed E-state index contributed by atoms with van der Waals surface area (Å²) in [4.78, 5) is 29.4. The van der Waals surface area contributed by atoms with Crippen molar-refractivity contribution in [3.8, 4) is 22.8 Å². The first-order chi connectivity index (χ1) is 19.4. The minimum Gasteiger partial charge on any atom is -0.417 e. The van der Waals surface area contributed by atoms with Crippen LogP contribution in [0.2, 0.25) is 0 Å². The van der Waals surface area contributed by atoms with Gasteiger partial charge in [0.15, 0.2) is 0 Å². The highest BCUT2D eigenvalue weighted by atomic mass is 32.1. The molecule has 2 unspecified atom stereocenters. The third-order valence-corrected chi connectivity index (χ3v) is 8.09. The van der Waals surface area contributed by atoms with Crippen LogP contribution in [-0.2, 0) is 12.0 Å². The lowest BCUT2D eigenvalue weighted by atomic mass is 9.94. The number of amides is 1. The standard InChI is InChI=1S/C30H29N7O2S/c1-19-18-40-27(33-19)25-9-6-14-37(25)28(38)22-15-23(21-10-12-32-13-11-21)34-24(16-22)26-35-36-29(39-26)30(2,31)17-20-7-4-3-5-8-20/h3-5,7-8,10-13,15-16,18,25H,6,9,14,17,31H2,1-2H3. The molecular weight excluding hydrogens is 522 g/mol. The summed E-state index contributed by atoms with van der Waals surface area (Å²) >= 11 is 1.60. The summed E-state index contributed by atoms with van der Waals surface area (Å²) < 4.78 is 6.10. The van der Waals surface area contributed by atoms with Crippen LogP contribution in [0.4, 0.5) is 0 Å². The minimum atomic E-state index is -0.886. The average Bonchev–Trinajstić information content (AvgIpc) is 3.74. The molecule has 1 aliphatic heterocycles. The Balaban J connectivity index is 1.36. The van der Waals surface area contributed by atoms with Gasteiger partial charge < -0.3 is 15.1 Å². The Morgan fingerprint density at radius 1 is 1.10 bits per heavy atom. The highest BCUT2D eigenvalue weighted by molar-refractivity contribution is 7.09. The van der Waals surface area contributed by atoms with E-state index in [4.69, 9.17) is 15.1 Å². The van der Waals surface area contributed by atoms with Gasteiger partial charge in [-0.3, -0.25) is 9.78 Å². The van der Waals surface area contributed by atoms with Gasteiger partial charge in [-0.25, -0.2) is 9.97 Å². The van der Waals surface area contributed by atoms with Crippen molar-refractivity contribution in [1.82, 2.24) is 30.0 Å². The van der Waals surface area contributed by atoms with E-state index >= 15 is 0 Å². The van der Waals surface area contributed by atoms with Gasteiger partial charge in [-0.1, -0.05) is 30.3 Å². The molecule has 5 heterocycles. The lowest BCUT2D eigenvalue weighted by Gasteiger charge is -2.23. The van der Waals surface area contributed by atoms with Gasteiger partial charge in [-0.15, -0.1) is 21.5 Å². The number of carbonyl (C=O) groups excluding carboxylic acids is 1. The van der Waals surface area contributed by atoms with Crippen molar-refractivity contribution in [3.63, 3.8) is 0 Å². The first kappa shape index (κ1) is 26.0. The second-order valence-electron chi connectivity index (χ2n) is 10.3. The molecule has 9 nitrogen and oxygen atoms in total. The Morgan fingerprint density at radius 3 is 2.62 bits per heavy atom. The van der Waals surface area contributed by atoms with Crippen LogP contribution in [-0.4, -0.2) is 42.5 Å². The molecular formula is C30H29N7O2S. The van der Waals surface area contributed by atoms with E-state index in [0.717, 1.165) is 34.7 Å². The zero-order valence-corrected chi connectivity index (χ0v) is 23.1. The second kappa shape index (κ2) is 10.7. The number of thiazole rings is 1. The van der Waals surface area contributed by atoms with E-state index in [0.29, 0.717) is 35.8 Å². The van der Waals surface area contributed by atoms with Gasteiger partial charge in [0.05, 0.1) is 17.3 Å². The summed E-state index contributed by atoms with van der Waals surface area (Å²) in [6, 6.07) is 17.1. The first-order valence-corrected chi connectivity index (χ1v) is 14.1. The van der Waals surface area contributed by atoms with Crippen LogP contribution in [0, 0.1) is 6.92 Å². The van der Waals surface area contributed by atoms with Crippen molar-refractivity contribution < 1.29 is 9.21 Å². The minimum absolute atomic E-state index is 0.0434. The fraction of sp³-hybridized carbons (Fsp3) is 0.267. The maximum Gasteiger partial charge on any atom is 0.266 e. The summed E-state index contributed by atoms with van der Waals surface area (Å²) in [6.07, 6.45) is 5.72. The number of rotatable bonds is 7. The lowest BCUT2D eigenvalue weighted by molar-refractivity contribution is 0.0735. The molecule has 10 heteroatoms. The fourth-order valence-electron chi connectivity index (χ4n) is 5.04. The predicted molar refractivity (Wildman–Crippen MR) is 152 cm³/mol. The molecule has 1 amide bonds. The van der Waals surface area contributed by atoms with E-state index in [9.17, 15) is 4.79 Å². The molecule has 6 rings (SSSR count). The molecule has 0 spiro atoms. The zero-order chi connectivity index (χ0) is 27.7. The quantitative estimate of drug-likeness (QED) is 0.287. The van der Waals surface area contributed by atoms with Gasteiger partial charge in [0.1, 0.15) is 10.7 Å². The number of nitrogens with two attached hydrogens (primary N) is 1. The van der Waals surface area contributed by atoms with Crippen molar-refractivity contribution in [2.45, 2.75) is 44.7 Å². The fourth-order valence-corrected chi connectivity index (χ4v) is 5.99. The van der Waals surface area contributed by atoms with Gasteiger partial charge in [0.2, 0.25) is 5.89 Å². The predicted octanol–water partition coefficient (Wildman–Crippen LogP) is 5.35. The van der Waals surface area contributed by atoms with Crippen LogP contribution in [0.1, 0.15) is 58.3 Å². The van der Waals surface area contributed by atoms with E-state index in [2.05, 4.69) is 20.2 Å². The molecule has 1 saturated heterocycles. The van der Waals surface area contributed by atoms with Crippen molar-refractivity contribution >= 4 is 17.2 Å². The molecule has 2 N–H and O–H groups in total. The van der Waals surface area contributed by atoms with Gasteiger partial charge in [0.25, 0.3) is 11.8 Å². The van der Waals surface area contributed by atoms with E-state index in [-0.39, 0.29) is 17.8 Å². The van der Waals surface area contributed by atoms with Crippen LogP contribution in [0.5, 0.6) is 0 Å². The maximum absolute atomic E-state index is 13.9. The molecule has 0 bridgehead atoms. The number of hydrogen-bond acceptors (Lipinski definition) is 9. The molecule has 0 radical (unpaired) electrons. The van der Waals surface area contributed by atoms with Crippen LogP contribution in [0.25, 0.3) is 22.8 Å². The summed E-state index contributed by atoms with van der Waals surface area (Å²) in [6.45, 7) is 4.50. The number of pyridine rings is 2. The molecule has 40 heavy (non-hydrogen) atoms. The summed E-state index contributed by atoms with van der Waals surface area (Å²) in [5, 5.41) is 11.6.